The number of carbonyl (C=O) groups excluding carboxylic acids is 1. The Balaban J connectivity index is 1.89. The summed E-state index contributed by atoms with van der Waals surface area (Å²) >= 11 is 5.82. The smallest absolute Gasteiger partial charge is 0.404 e. The minimum absolute atomic E-state index is 0.0316. The third kappa shape index (κ3) is 5.19. The van der Waals surface area contributed by atoms with Crippen molar-refractivity contribution in [2.45, 2.75) is 12.9 Å². The van der Waals surface area contributed by atoms with Crippen molar-refractivity contribution < 1.29 is 35.5 Å². The zero-order valence-corrected chi connectivity index (χ0v) is 16.6. The third-order valence-corrected chi connectivity index (χ3v) is 4.66. The van der Waals surface area contributed by atoms with Crippen LogP contribution in [0.2, 0.25) is 5.02 Å². The molecule has 0 fully saturated rings. The maximum absolute atomic E-state index is 14.4. The van der Waals surface area contributed by atoms with E-state index in [1.165, 1.54) is 23.0 Å². The zero-order valence-electron chi connectivity index (χ0n) is 15.0. The number of nitrogens with one attached hydrogen (secondary N) is 1. The van der Waals surface area contributed by atoms with Crippen LogP contribution in [0.4, 0.5) is 17.6 Å². The molecule has 0 aliphatic rings. The number of fused-ring (bicyclic) bond motifs is 1. The minimum atomic E-state index is -4.89. The van der Waals surface area contributed by atoms with Gasteiger partial charge in [-0.05, 0) is 23.8 Å². The largest absolute Gasteiger partial charge is 0.573 e. The summed E-state index contributed by atoms with van der Waals surface area (Å²) in [6, 6.07) is 5.78. The number of carbonyl (C=O) groups is 1. The van der Waals surface area contributed by atoms with Gasteiger partial charge in [0.25, 0.3) is 5.91 Å². The fourth-order valence-corrected chi connectivity index (χ4v) is 3.34. The van der Waals surface area contributed by atoms with E-state index >= 15 is 0 Å². The molecule has 1 N–H and O–H groups in total. The molecule has 0 radical (unpaired) electrons. The molecule has 0 saturated heterocycles. The van der Waals surface area contributed by atoms with Gasteiger partial charge >= 0.3 is 6.36 Å². The van der Waals surface area contributed by atoms with Crippen molar-refractivity contribution >= 4 is 38.4 Å². The number of amides is 1. The number of halogens is 5. The molecule has 0 atom stereocenters. The lowest BCUT2D eigenvalue weighted by molar-refractivity contribution is -0.274. The summed E-state index contributed by atoms with van der Waals surface area (Å²) in [5.74, 6) is -2.67. The predicted molar refractivity (Wildman–Crippen MR) is 99.2 cm³/mol. The number of rotatable bonds is 5. The Morgan fingerprint density at radius 3 is 2.57 bits per heavy atom. The van der Waals surface area contributed by atoms with Gasteiger partial charge in [0.1, 0.15) is 11.6 Å². The molecular formula is C17H12ClF4N3O4S. The van der Waals surface area contributed by atoms with Gasteiger partial charge in [-0.2, -0.15) is 5.10 Å². The zero-order chi connectivity index (χ0) is 22.3. The molecule has 3 aromatic rings. The lowest BCUT2D eigenvalue weighted by Gasteiger charge is -2.12. The molecule has 1 amide bonds. The van der Waals surface area contributed by atoms with Crippen molar-refractivity contribution in [1.82, 2.24) is 14.5 Å². The van der Waals surface area contributed by atoms with E-state index in [4.69, 9.17) is 11.6 Å². The van der Waals surface area contributed by atoms with Crippen LogP contribution in [0.15, 0.2) is 36.5 Å². The second-order valence-corrected chi connectivity index (χ2v) is 8.36. The summed E-state index contributed by atoms with van der Waals surface area (Å²) in [7, 11) is -3.88. The van der Waals surface area contributed by atoms with Gasteiger partial charge in [0.15, 0.2) is 0 Å². The fourth-order valence-electron chi connectivity index (χ4n) is 2.65. The molecule has 1 aromatic heterocycles. The SMILES string of the molecule is CS(=O)(=O)NC(=O)c1cc2cnn(Cc3ccc(OC(F)(F)F)c(Cl)c3)c2cc1F. The van der Waals surface area contributed by atoms with E-state index in [9.17, 15) is 30.8 Å². The summed E-state index contributed by atoms with van der Waals surface area (Å²) in [6.07, 6.45) is -2.80. The maximum Gasteiger partial charge on any atom is 0.573 e. The standard InChI is InChI=1S/C17H12ClF4N3O4S/c1-30(27,28)24-16(26)11-5-10-7-23-25(14(10)6-13(11)19)8-9-2-3-15(12(18)4-9)29-17(20,21)22/h2-7H,8H2,1H3,(H,24,26). The van der Waals surface area contributed by atoms with Crippen LogP contribution in [-0.4, -0.2) is 36.7 Å². The quantitative estimate of drug-likeness (QED) is 0.583. The Hall–Kier alpha value is -2.86. The van der Waals surface area contributed by atoms with Gasteiger partial charge < -0.3 is 4.74 Å². The Morgan fingerprint density at radius 1 is 1.27 bits per heavy atom. The topological polar surface area (TPSA) is 90.3 Å². The molecule has 13 heteroatoms. The number of benzene rings is 2. The minimum Gasteiger partial charge on any atom is -0.404 e. The molecule has 30 heavy (non-hydrogen) atoms. The molecule has 3 rings (SSSR count). The van der Waals surface area contributed by atoms with Crippen molar-refractivity contribution in [1.29, 1.82) is 0 Å². The van der Waals surface area contributed by atoms with E-state index in [1.54, 1.807) is 4.72 Å². The predicted octanol–water partition coefficient (Wildman–Crippen LogP) is 3.47. The first-order valence-corrected chi connectivity index (χ1v) is 10.3. The van der Waals surface area contributed by atoms with Crippen LogP contribution in [-0.2, 0) is 16.6 Å². The first-order valence-electron chi connectivity index (χ1n) is 8.04. The maximum atomic E-state index is 14.4. The number of aromatic nitrogens is 2. The number of hydrogen-bond acceptors (Lipinski definition) is 5. The summed E-state index contributed by atoms with van der Waals surface area (Å²) in [6.45, 7) is 0.0316. The molecule has 0 saturated carbocycles. The second-order valence-electron chi connectivity index (χ2n) is 6.21. The third-order valence-electron chi connectivity index (χ3n) is 3.81. The summed E-state index contributed by atoms with van der Waals surface area (Å²) in [4.78, 5) is 11.9. The molecule has 0 aliphatic heterocycles. The van der Waals surface area contributed by atoms with Gasteiger partial charge in [-0.1, -0.05) is 17.7 Å². The van der Waals surface area contributed by atoms with E-state index in [0.717, 1.165) is 24.5 Å². The molecule has 2 aromatic carbocycles. The van der Waals surface area contributed by atoms with Gasteiger partial charge in [-0.25, -0.2) is 17.5 Å². The van der Waals surface area contributed by atoms with E-state index in [1.807, 2.05) is 0 Å². The highest BCUT2D eigenvalue weighted by molar-refractivity contribution is 7.89. The van der Waals surface area contributed by atoms with Crippen LogP contribution in [0.3, 0.4) is 0 Å². The molecule has 0 bridgehead atoms. The average molecular weight is 466 g/mol. The van der Waals surface area contributed by atoms with Crippen LogP contribution < -0.4 is 9.46 Å². The summed E-state index contributed by atoms with van der Waals surface area (Å²) in [5.41, 5.74) is 0.248. The molecule has 1 heterocycles. The average Bonchev–Trinajstić information content (AvgIpc) is 2.96. The lowest BCUT2D eigenvalue weighted by atomic mass is 10.1. The lowest BCUT2D eigenvalue weighted by Crippen LogP contribution is -2.30. The number of hydrogen-bond donors (Lipinski definition) is 1. The molecule has 0 aliphatic carbocycles. The van der Waals surface area contributed by atoms with Crippen molar-refractivity contribution in [3.63, 3.8) is 0 Å². The summed E-state index contributed by atoms with van der Waals surface area (Å²) < 4.78 is 80.5. The highest BCUT2D eigenvalue weighted by Crippen LogP contribution is 2.31. The number of alkyl halides is 3. The second kappa shape index (κ2) is 7.76. The van der Waals surface area contributed by atoms with Crippen molar-refractivity contribution in [3.8, 4) is 5.75 Å². The molecule has 160 valence electrons. The number of nitrogens with zero attached hydrogens (tertiary/aromatic N) is 2. The van der Waals surface area contributed by atoms with Crippen LogP contribution >= 0.6 is 11.6 Å². The normalized spacial score (nSPS) is 12.2. The Labute approximate surface area is 172 Å². The van der Waals surface area contributed by atoms with Crippen LogP contribution in [0.1, 0.15) is 15.9 Å². The van der Waals surface area contributed by atoms with Crippen LogP contribution in [0, 0.1) is 5.82 Å². The first kappa shape index (κ1) is 21.8. The highest BCUT2D eigenvalue weighted by atomic mass is 35.5. The van der Waals surface area contributed by atoms with Crippen molar-refractivity contribution in [2.24, 2.45) is 0 Å². The Kier molecular flexibility index (Phi) is 5.65. The number of ether oxygens (including phenoxy) is 1. The van der Waals surface area contributed by atoms with E-state index in [-0.39, 0.29) is 17.1 Å². The molecule has 0 spiro atoms. The van der Waals surface area contributed by atoms with Gasteiger partial charge in [-0.15, -0.1) is 13.2 Å². The van der Waals surface area contributed by atoms with Crippen molar-refractivity contribution in [2.75, 3.05) is 6.26 Å². The summed E-state index contributed by atoms with van der Waals surface area (Å²) in [5, 5.41) is 4.14. The van der Waals surface area contributed by atoms with E-state index in [2.05, 4.69) is 9.84 Å². The Bertz CT molecular complexity index is 1240. The monoisotopic (exact) mass is 465 g/mol. The molecule has 7 nitrogen and oxygen atoms in total. The van der Waals surface area contributed by atoms with E-state index in [0.29, 0.717) is 10.9 Å². The van der Waals surface area contributed by atoms with Crippen LogP contribution in [0.25, 0.3) is 10.9 Å². The van der Waals surface area contributed by atoms with Gasteiger partial charge in [0.2, 0.25) is 10.0 Å². The number of sulfonamides is 1. The Morgan fingerprint density at radius 2 is 1.97 bits per heavy atom. The van der Waals surface area contributed by atoms with Crippen LogP contribution in [0.5, 0.6) is 5.75 Å². The highest BCUT2D eigenvalue weighted by Gasteiger charge is 2.32. The fraction of sp³-hybridized carbons (Fsp3) is 0.176. The van der Waals surface area contributed by atoms with Gasteiger partial charge in [0, 0.05) is 11.5 Å². The van der Waals surface area contributed by atoms with Crippen molar-refractivity contribution in [3.05, 3.63) is 58.5 Å². The first-order chi connectivity index (χ1) is 13.8. The molecule has 0 unspecified atom stereocenters. The van der Waals surface area contributed by atoms with E-state index < -0.39 is 39.4 Å². The van der Waals surface area contributed by atoms with Gasteiger partial charge in [0.05, 0.1) is 35.1 Å². The van der Waals surface area contributed by atoms with Gasteiger partial charge in [-0.3, -0.25) is 9.48 Å². The molecular weight excluding hydrogens is 454 g/mol.